The average molecular weight is 398 g/mol. The highest BCUT2D eigenvalue weighted by Gasteiger charge is 2.25. The molecule has 2 N–H and O–H groups in total. The van der Waals surface area contributed by atoms with E-state index in [2.05, 4.69) is 10.6 Å². The molecular weight excluding hydrogens is 376 g/mol. The lowest BCUT2D eigenvalue weighted by atomic mass is 9.99. The number of benzene rings is 3. The first kappa shape index (κ1) is 19.5. The molecular formula is C25H22N2O3. The van der Waals surface area contributed by atoms with E-state index in [9.17, 15) is 9.59 Å². The van der Waals surface area contributed by atoms with E-state index in [-0.39, 0.29) is 11.8 Å². The van der Waals surface area contributed by atoms with Crippen molar-refractivity contribution in [3.8, 4) is 16.9 Å². The minimum Gasteiger partial charge on any atom is -0.493 e. The first-order valence-corrected chi connectivity index (χ1v) is 9.82. The Balaban J connectivity index is 1.70. The predicted octanol–water partition coefficient (Wildman–Crippen LogP) is 5.20. The average Bonchev–Trinajstić information content (AvgIpc) is 3.04. The Kier molecular flexibility index (Phi) is 5.35. The van der Waals surface area contributed by atoms with Crippen molar-refractivity contribution in [3.05, 3.63) is 77.9 Å². The van der Waals surface area contributed by atoms with Crippen molar-refractivity contribution in [1.82, 2.24) is 0 Å². The minimum absolute atomic E-state index is 0.115. The van der Waals surface area contributed by atoms with Gasteiger partial charge in [0.2, 0.25) is 5.91 Å². The van der Waals surface area contributed by atoms with Gasteiger partial charge in [0.1, 0.15) is 5.75 Å². The molecule has 0 unspecified atom stereocenters. The van der Waals surface area contributed by atoms with E-state index < -0.39 is 0 Å². The highest BCUT2D eigenvalue weighted by Crippen LogP contribution is 2.37. The summed E-state index contributed by atoms with van der Waals surface area (Å²) in [6.07, 6.45) is 1.86. The van der Waals surface area contributed by atoms with Crippen LogP contribution in [0.15, 0.2) is 66.7 Å². The number of nitrogens with one attached hydrogen (secondary N) is 2. The number of ether oxygens (including phenoxy) is 1. The number of fused-ring (bicyclic) bond motifs is 1. The Bertz CT molecular complexity index is 1160. The molecule has 0 saturated heterocycles. The molecule has 0 spiro atoms. The van der Waals surface area contributed by atoms with Gasteiger partial charge in [0.05, 0.1) is 6.61 Å². The number of hydrogen-bond donors (Lipinski definition) is 2. The fraction of sp³-hybridized carbons (Fsp3) is 0.120. The van der Waals surface area contributed by atoms with Crippen molar-refractivity contribution in [2.75, 3.05) is 17.2 Å². The van der Waals surface area contributed by atoms with Gasteiger partial charge in [-0.1, -0.05) is 42.5 Å². The second-order valence-electron chi connectivity index (χ2n) is 7.01. The van der Waals surface area contributed by atoms with E-state index in [0.29, 0.717) is 12.2 Å². The zero-order chi connectivity index (χ0) is 21.1. The minimum atomic E-state index is -0.138. The maximum absolute atomic E-state index is 12.7. The number of para-hydroxylation sites is 1. The fourth-order valence-corrected chi connectivity index (χ4v) is 3.54. The van der Waals surface area contributed by atoms with Crippen molar-refractivity contribution < 1.29 is 14.3 Å². The molecule has 5 nitrogen and oxygen atoms in total. The first-order valence-electron chi connectivity index (χ1n) is 9.82. The van der Waals surface area contributed by atoms with Crippen LogP contribution in [0, 0.1) is 0 Å². The van der Waals surface area contributed by atoms with Gasteiger partial charge >= 0.3 is 0 Å². The van der Waals surface area contributed by atoms with Gasteiger partial charge in [0, 0.05) is 35.0 Å². The molecule has 0 saturated carbocycles. The number of carbonyl (C=O) groups excluding carboxylic acids is 2. The largest absolute Gasteiger partial charge is 0.493 e. The SMILES string of the molecule is CCOc1ccccc1C=C1C(=O)Nc2cc(-c3cccc(NC(C)=O)c3)ccc21. The summed E-state index contributed by atoms with van der Waals surface area (Å²) in [6.45, 7) is 3.98. The quantitative estimate of drug-likeness (QED) is 0.580. The van der Waals surface area contributed by atoms with Crippen molar-refractivity contribution in [1.29, 1.82) is 0 Å². The Morgan fingerprint density at radius 2 is 1.83 bits per heavy atom. The summed E-state index contributed by atoms with van der Waals surface area (Å²) >= 11 is 0. The summed E-state index contributed by atoms with van der Waals surface area (Å²) in [4.78, 5) is 24.0. The van der Waals surface area contributed by atoms with Crippen LogP contribution < -0.4 is 15.4 Å². The smallest absolute Gasteiger partial charge is 0.256 e. The number of anilines is 2. The Hall–Kier alpha value is -3.86. The van der Waals surface area contributed by atoms with E-state index in [4.69, 9.17) is 4.74 Å². The normalized spacial score (nSPS) is 13.7. The standard InChI is InChI=1S/C25H22N2O3/c1-3-30-24-10-5-4-7-19(24)14-22-21-12-11-18(15-23(21)27-25(22)29)17-8-6-9-20(13-17)26-16(2)28/h4-15H,3H2,1-2H3,(H,26,28)(H,27,29). The summed E-state index contributed by atoms with van der Waals surface area (Å²) in [7, 11) is 0. The first-order chi connectivity index (χ1) is 14.5. The third kappa shape index (κ3) is 3.96. The molecule has 1 aliphatic rings. The van der Waals surface area contributed by atoms with Gasteiger partial charge in [-0.3, -0.25) is 9.59 Å². The van der Waals surface area contributed by atoms with E-state index in [1.54, 1.807) is 0 Å². The van der Waals surface area contributed by atoms with Gasteiger partial charge in [-0.25, -0.2) is 0 Å². The lowest BCUT2D eigenvalue weighted by Crippen LogP contribution is -2.05. The second-order valence-corrected chi connectivity index (χ2v) is 7.01. The van der Waals surface area contributed by atoms with E-state index >= 15 is 0 Å². The van der Waals surface area contributed by atoms with Crippen LogP contribution in [0.4, 0.5) is 11.4 Å². The zero-order valence-electron chi connectivity index (χ0n) is 16.9. The van der Waals surface area contributed by atoms with E-state index in [1.165, 1.54) is 6.92 Å². The Labute approximate surface area is 175 Å². The molecule has 30 heavy (non-hydrogen) atoms. The summed E-state index contributed by atoms with van der Waals surface area (Å²) in [6, 6.07) is 21.2. The highest BCUT2D eigenvalue weighted by atomic mass is 16.5. The number of carbonyl (C=O) groups is 2. The van der Waals surface area contributed by atoms with Crippen LogP contribution in [0.2, 0.25) is 0 Å². The van der Waals surface area contributed by atoms with Gasteiger partial charge in [0.25, 0.3) is 5.91 Å². The van der Waals surface area contributed by atoms with Crippen molar-refractivity contribution in [3.63, 3.8) is 0 Å². The molecule has 0 aliphatic carbocycles. The van der Waals surface area contributed by atoms with Crippen molar-refractivity contribution in [2.45, 2.75) is 13.8 Å². The summed E-state index contributed by atoms with van der Waals surface area (Å²) < 4.78 is 5.68. The molecule has 0 radical (unpaired) electrons. The molecule has 0 atom stereocenters. The second kappa shape index (κ2) is 8.25. The zero-order valence-corrected chi connectivity index (χ0v) is 16.9. The molecule has 3 aromatic rings. The molecule has 3 aromatic carbocycles. The predicted molar refractivity (Wildman–Crippen MR) is 120 cm³/mol. The molecule has 2 amide bonds. The fourth-order valence-electron chi connectivity index (χ4n) is 3.54. The summed E-state index contributed by atoms with van der Waals surface area (Å²) in [5.74, 6) is 0.496. The lowest BCUT2D eigenvalue weighted by molar-refractivity contribution is -0.114. The van der Waals surface area contributed by atoms with Gasteiger partial charge in [0.15, 0.2) is 0 Å². The molecule has 1 aliphatic heterocycles. The van der Waals surface area contributed by atoms with Gasteiger partial charge < -0.3 is 15.4 Å². The van der Waals surface area contributed by atoms with Gasteiger partial charge in [-0.15, -0.1) is 0 Å². The highest BCUT2D eigenvalue weighted by molar-refractivity contribution is 6.35. The third-order valence-corrected chi connectivity index (χ3v) is 4.84. The van der Waals surface area contributed by atoms with Gasteiger partial charge in [-0.05, 0) is 48.4 Å². The van der Waals surface area contributed by atoms with Crippen LogP contribution in [0.1, 0.15) is 25.0 Å². The van der Waals surface area contributed by atoms with E-state index in [0.717, 1.165) is 39.4 Å². The summed E-state index contributed by atoms with van der Waals surface area (Å²) in [5, 5.41) is 5.75. The van der Waals surface area contributed by atoms with Crippen LogP contribution in [-0.2, 0) is 9.59 Å². The van der Waals surface area contributed by atoms with Gasteiger partial charge in [-0.2, -0.15) is 0 Å². The maximum Gasteiger partial charge on any atom is 0.256 e. The van der Waals surface area contributed by atoms with Crippen LogP contribution in [-0.4, -0.2) is 18.4 Å². The Morgan fingerprint density at radius 1 is 1.03 bits per heavy atom. The van der Waals surface area contributed by atoms with E-state index in [1.807, 2.05) is 79.7 Å². The van der Waals surface area contributed by atoms with Crippen molar-refractivity contribution >= 4 is 34.8 Å². The number of amides is 2. The monoisotopic (exact) mass is 398 g/mol. The lowest BCUT2D eigenvalue weighted by Gasteiger charge is -2.08. The topological polar surface area (TPSA) is 67.4 Å². The summed E-state index contributed by atoms with van der Waals surface area (Å²) in [5.41, 5.74) is 5.74. The molecule has 0 fully saturated rings. The van der Waals surface area contributed by atoms with Crippen molar-refractivity contribution in [2.24, 2.45) is 0 Å². The number of rotatable bonds is 5. The number of hydrogen-bond acceptors (Lipinski definition) is 3. The Morgan fingerprint density at radius 3 is 2.63 bits per heavy atom. The van der Waals surface area contributed by atoms with Crippen LogP contribution >= 0.6 is 0 Å². The molecule has 0 aromatic heterocycles. The maximum atomic E-state index is 12.7. The third-order valence-electron chi connectivity index (χ3n) is 4.84. The molecule has 0 bridgehead atoms. The molecule has 1 heterocycles. The molecule has 5 heteroatoms. The van der Waals surface area contributed by atoms with Crippen LogP contribution in [0.3, 0.4) is 0 Å². The van der Waals surface area contributed by atoms with Crippen LogP contribution in [0.25, 0.3) is 22.8 Å². The molecule has 150 valence electrons. The van der Waals surface area contributed by atoms with Crippen LogP contribution in [0.5, 0.6) is 5.75 Å². The molecule has 4 rings (SSSR count).